The fourth-order valence-electron chi connectivity index (χ4n) is 1.59. The molecule has 0 spiro atoms. The van der Waals surface area contributed by atoms with Crippen LogP contribution in [0.15, 0.2) is 0 Å². The number of amides is 1. The van der Waals surface area contributed by atoms with Crippen molar-refractivity contribution in [3.8, 4) is 0 Å². The van der Waals surface area contributed by atoms with Crippen molar-refractivity contribution in [1.29, 1.82) is 0 Å². The summed E-state index contributed by atoms with van der Waals surface area (Å²) in [5.41, 5.74) is 0. The Balaban J connectivity index is 2.15. The fourth-order valence-corrected chi connectivity index (χ4v) is 1.59. The highest BCUT2D eigenvalue weighted by atomic mass is 16.5. The number of ether oxygens (including phenoxy) is 1. The Morgan fingerprint density at radius 2 is 2.19 bits per heavy atom. The second-order valence-electron chi connectivity index (χ2n) is 3.82. The first-order valence-corrected chi connectivity index (χ1v) is 5.43. The number of hydrogen-bond donors (Lipinski definition) is 3. The van der Waals surface area contributed by atoms with E-state index in [0.29, 0.717) is 32.4 Å². The Morgan fingerprint density at radius 1 is 1.44 bits per heavy atom. The van der Waals surface area contributed by atoms with E-state index in [4.69, 9.17) is 9.84 Å². The highest BCUT2D eigenvalue weighted by molar-refractivity contribution is 5.76. The predicted molar refractivity (Wildman–Crippen MR) is 57.1 cm³/mol. The number of carbonyl (C=O) groups excluding carboxylic acids is 1. The SMILES string of the molecule is CNCCC(=O)NCC1CCC(C(=O)O)O1. The molecule has 3 N–H and O–H groups in total. The Morgan fingerprint density at radius 3 is 2.75 bits per heavy atom. The maximum Gasteiger partial charge on any atom is 0.332 e. The lowest BCUT2D eigenvalue weighted by Crippen LogP contribution is -2.34. The molecule has 0 saturated carbocycles. The van der Waals surface area contributed by atoms with Crippen LogP contribution in [0.3, 0.4) is 0 Å². The van der Waals surface area contributed by atoms with Crippen molar-refractivity contribution >= 4 is 11.9 Å². The van der Waals surface area contributed by atoms with Gasteiger partial charge in [-0.2, -0.15) is 0 Å². The van der Waals surface area contributed by atoms with Crippen LogP contribution in [0.5, 0.6) is 0 Å². The number of hydrogen-bond acceptors (Lipinski definition) is 4. The van der Waals surface area contributed by atoms with Gasteiger partial charge >= 0.3 is 5.97 Å². The van der Waals surface area contributed by atoms with Gasteiger partial charge in [-0.25, -0.2) is 4.79 Å². The van der Waals surface area contributed by atoms with E-state index in [1.165, 1.54) is 0 Å². The van der Waals surface area contributed by atoms with Crippen molar-refractivity contribution in [3.63, 3.8) is 0 Å². The van der Waals surface area contributed by atoms with Crippen LogP contribution in [0.25, 0.3) is 0 Å². The average Bonchev–Trinajstić information content (AvgIpc) is 2.72. The molecule has 1 saturated heterocycles. The van der Waals surface area contributed by atoms with Crippen LogP contribution in [0.4, 0.5) is 0 Å². The third kappa shape index (κ3) is 4.16. The molecule has 6 nitrogen and oxygen atoms in total. The van der Waals surface area contributed by atoms with E-state index < -0.39 is 12.1 Å². The largest absolute Gasteiger partial charge is 0.479 e. The van der Waals surface area contributed by atoms with Crippen LogP contribution >= 0.6 is 0 Å². The lowest BCUT2D eigenvalue weighted by molar-refractivity contribution is -0.149. The summed E-state index contributed by atoms with van der Waals surface area (Å²) in [5.74, 6) is -0.972. The first kappa shape index (κ1) is 12.9. The number of carbonyl (C=O) groups is 2. The van der Waals surface area contributed by atoms with E-state index >= 15 is 0 Å². The Bertz CT molecular complexity index is 257. The molecule has 1 aliphatic heterocycles. The Hall–Kier alpha value is -1.14. The molecule has 1 aliphatic rings. The number of nitrogens with one attached hydrogen (secondary N) is 2. The number of aliphatic carboxylic acids is 1. The first-order chi connectivity index (χ1) is 7.63. The molecule has 2 atom stereocenters. The fraction of sp³-hybridized carbons (Fsp3) is 0.800. The van der Waals surface area contributed by atoms with Gasteiger partial charge in [-0.15, -0.1) is 0 Å². The van der Waals surface area contributed by atoms with Gasteiger partial charge in [0.05, 0.1) is 6.10 Å². The molecule has 0 bridgehead atoms. The number of rotatable bonds is 6. The van der Waals surface area contributed by atoms with Crippen LogP contribution in [0.2, 0.25) is 0 Å². The minimum atomic E-state index is -0.927. The van der Waals surface area contributed by atoms with Crippen LogP contribution in [-0.4, -0.2) is 49.3 Å². The molecule has 6 heteroatoms. The summed E-state index contributed by atoms with van der Waals surface area (Å²) in [4.78, 5) is 21.9. The molecule has 1 rings (SSSR count). The molecule has 0 aromatic carbocycles. The van der Waals surface area contributed by atoms with Gasteiger partial charge in [0, 0.05) is 19.5 Å². The third-order valence-corrected chi connectivity index (χ3v) is 2.51. The average molecular weight is 230 g/mol. The van der Waals surface area contributed by atoms with E-state index in [1.807, 2.05) is 0 Å². The highest BCUT2D eigenvalue weighted by Crippen LogP contribution is 2.19. The van der Waals surface area contributed by atoms with Gasteiger partial charge in [0.2, 0.25) is 5.91 Å². The first-order valence-electron chi connectivity index (χ1n) is 5.43. The van der Waals surface area contributed by atoms with Gasteiger partial charge in [0.15, 0.2) is 6.10 Å². The van der Waals surface area contributed by atoms with Crippen molar-refractivity contribution in [2.24, 2.45) is 0 Å². The second kappa shape index (κ2) is 6.44. The highest BCUT2D eigenvalue weighted by Gasteiger charge is 2.30. The lowest BCUT2D eigenvalue weighted by atomic mass is 10.2. The summed E-state index contributed by atoms with van der Waals surface area (Å²) in [6.07, 6.45) is 0.750. The van der Waals surface area contributed by atoms with Gasteiger partial charge in [0.25, 0.3) is 0 Å². The molecular weight excluding hydrogens is 212 g/mol. The summed E-state index contributed by atoms with van der Waals surface area (Å²) in [5, 5.41) is 14.3. The maximum absolute atomic E-state index is 11.3. The molecule has 92 valence electrons. The molecule has 2 unspecified atom stereocenters. The van der Waals surface area contributed by atoms with E-state index in [-0.39, 0.29) is 12.0 Å². The molecule has 0 aromatic rings. The third-order valence-electron chi connectivity index (χ3n) is 2.51. The molecule has 16 heavy (non-hydrogen) atoms. The molecule has 0 aromatic heterocycles. The van der Waals surface area contributed by atoms with Crippen molar-refractivity contribution < 1.29 is 19.4 Å². The number of carboxylic acid groups (broad SMARTS) is 1. The van der Waals surface area contributed by atoms with Crippen LogP contribution in [-0.2, 0) is 14.3 Å². The van der Waals surface area contributed by atoms with Crippen LogP contribution < -0.4 is 10.6 Å². The molecule has 0 aliphatic carbocycles. The van der Waals surface area contributed by atoms with Gasteiger partial charge in [0.1, 0.15) is 0 Å². The molecule has 1 fully saturated rings. The van der Waals surface area contributed by atoms with E-state index in [1.54, 1.807) is 7.05 Å². The molecule has 1 heterocycles. The van der Waals surface area contributed by atoms with Crippen LogP contribution in [0.1, 0.15) is 19.3 Å². The van der Waals surface area contributed by atoms with Crippen LogP contribution in [0, 0.1) is 0 Å². The van der Waals surface area contributed by atoms with Crippen molar-refractivity contribution in [3.05, 3.63) is 0 Å². The van der Waals surface area contributed by atoms with Gasteiger partial charge < -0.3 is 20.5 Å². The zero-order valence-corrected chi connectivity index (χ0v) is 9.36. The zero-order valence-electron chi connectivity index (χ0n) is 9.36. The van der Waals surface area contributed by atoms with Crippen molar-refractivity contribution in [1.82, 2.24) is 10.6 Å². The summed E-state index contributed by atoms with van der Waals surface area (Å²) >= 11 is 0. The number of carboxylic acids is 1. The molecule has 1 amide bonds. The van der Waals surface area contributed by atoms with Crippen molar-refractivity contribution in [2.75, 3.05) is 20.1 Å². The van der Waals surface area contributed by atoms with Crippen molar-refractivity contribution in [2.45, 2.75) is 31.5 Å². The maximum atomic E-state index is 11.3. The predicted octanol–water partition coefficient (Wildman–Crippen LogP) is -0.656. The monoisotopic (exact) mass is 230 g/mol. The summed E-state index contributed by atoms with van der Waals surface area (Å²) in [6, 6.07) is 0. The molecular formula is C10H18N2O4. The normalized spacial score (nSPS) is 24.3. The minimum absolute atomic E-state index is 0.0447. The zero-order chi connectivity index (χ0) is 12.0. The van der Waals surface area contributed by atoms with Gasteiger partial charge in [-0.1, -0.05) is 0 Å². The van der Waals surface area contributed by atoms with E-state index in [0.717, 1.165) is 0 Å². The molecule has 0 radical (unpaired) electrons. The minimum Gasteiger partial charge on any atom is -0.479 e. The quantitative estimate of drug-likeness (QED) is 0.564. The summed E-state index contributed by atoms with van der Waals surface area (Å²) in [7, 11) is 1.78. The Kier molecular flexibility index (Phi) is 5.21. The van der Waals surface area contributed by atoms with E-state index in [9.17, 15) is 9.59 Å². The Labute approximate surface area is 94.3 Å². The van der Waals surface area contributed by atoms with Gasteiger partial charge in [-0.3, -0.25) is 4.79 Å². The smallest absolute Gasteiger partial charge is 0.332 e. The second-order valence-corrected chi connectivity index (χ2v) is 3.82. The summed E-state index contributed by atoms with van der Waals surface area (Å²) < 4.78 is 5.25. The van der Waals surface area contributed by atoms with Gasteiger partial charge in [-0.05, 0) is 19.9 Å². The topological polar surface area (TPSA) is 87.7 Å². The standard InChI is InChI=1S/C10H18N2O4/c1-11-5-4-9(13)12-6-7-2-3-8(16-7)10(14)15/h7-8,11H,2-6H2,1H3,(H,12,13)(H,14,15). The lowest BCUT2D eigenvalue weighted by Gasteiger charge is -2.12. The summed E-state index contributed by atoms with van der Waals surface area (Å²) in [6.45, 7) is 1.03. The van der Waals surface area contributed by atoms with E-state index in [2.05, 4.69) is 10.6 Å².